The van der Waals surface area contributed by atoms with E-state index < -0.39 is 0 Å². The van der Waals surface area contributed by atoms with Gasteiger partial charge in [0.2, 0.25) is 0 Å². The molecular formula is C22H28FN5. The SMILES string of the molecule is CN=C(NCCc1c[nH]c2ccccc12)NCC(c1ccc(F)cc1)N(C)C. The van der Waals surface area contributed by atoms with Gasteiger partial charge in [-0.2, -0.15) is 0 Å². The summed E-state index contributed by atoms with van der Waals surface area (Å²) in [7, 11) is 5.80. The number of H-pyrrole nitrogens is 1. The molecular weight excluding hydrogens is 353 g/mol. The zero-order valence-corrected chi connectivity index (χ0v) is 16.7. The van der Waals surface area contributed by atoms with Crippen molar-refractivity contribution in [2.75, 3.05) is 34.2 Å². The number of benzene rings is 2. The Kier molecular flexibility index (Phi) is 6.66. The van der Waals surface area contributed by atoms with Crippen molar-refractivity contribution in [2.45, 2.75) is 12.5 Å². The number of nitrogens with zero attached hydrogens (tertiary/aromatic N) is 2. The molecule has 0 spiro atoms. The van der Waals surface area contributed by atoms with Crippen molar-refractivity contribution >= 4 is 16.9 Å². The monoisotopic (exact) mass is 381 g/mol. The minimum atomic E-state index is -0.219. The molecule has 3 rings (SSSR count). The number of nitrogens with one attached hydrogen (secondary N) is 3. The van der Waals surface area contributed by atoms with Crippen molar-refractivity contribution in [3.8, 4) is 0 Å². The quantitative estimate of drug-likeness (QED) is 0.435. The lowest BCUT2D eigenvalue weighted by Gasteiger charge is -2.26. The topological polar surface area (TPSA) is 55.5 Å². The number of fused-ring (bicyclic) bond motifs is 1. The highest BCUT2D eigenvalue weighted by Gasteiger charge is 2.14. The van der Waals surface area contributed by atoms with Crippen molar-refractivity contribution in [1.29, 1.82) is 0 Å². The van der Waals surface area contributed by atoms with E-state index in [2.05, 4.69) is 49.9 Å². The third-order valence-electron chi connectivity index (χ3n) is 4.93. The molecule has 0 bridgehead atoms. The first-order valence-corrected chi connectivity index (χ1v) is 9.50. The Labute approximate surface area is 165 Å². The van der Waals surface area contributed by atoms with Crippen molar-refractivity contribution < 1.29 is 4.39 Å². The second-order valence-corrected chi connectivity index (χ2v) is 7.02. The largest absolute Gasteiger partial charge is 0.361 e. The van der Waals surface area contributed by atoms with Crippen LogP contribution in [0.5, 0.6) is 0 Å². The van der Waals surface area contributed by atoms with Crippen molar-refractivity contribution in [3.05, 3.63) is 71.7 Å². The molecule has 3 aromatic rings. The van der Waals surface area contributed by atoms with Gasteiger partial charge in [-0.05, 0) is 49.8 Å². The maximum absolute atomic E-state index is 13.2. The van der Waals surface area contributed by atoms with Gasteiger partial charge in [0, 0.05) is 37.2 Å². The zero-order valence-electron chi connectivity index (χ0n) is 16.7. The predicted molar refractivity (Wildman–Crippen MR) is 114 cm³/mol. The number of para-hydroxylation sites is 1. The van der Waals surface area contributed by atoms with Crippen molar-refractivity contribution in [1.82, 2.24) is 20.5 Å². The molecule has 1 unspecified atom stereocenters. The number of hydrogen-bond donors (Lipinski definition) is 3. The summed E-state index contributed by atoms with van der Waals surface area (Å²) in [6, 6.07) is 15.1. The van der Waals surface area contributed by atoms with Crippen molar-refractivity contribution in [3.63, 3.8) is 0 Å². The fourth-order valence-electron chi connectivity index (χ4n) is 3.35. The van der Waals surface area contributed by atoms with Crippen LogP contribution >= 0.6 is 0 Å². The maximum atomic E-state index is 13.2. The second kappa shape index (κ2) is 9.37. The summed E-state index contributed by atoms with van der Waals surface area (Å²) in [4.78, 5) is 9.74. The Bertz CT molecular complexity index is 914. The van der Waals surface area contributed by atoms with E-state index in [1.807, 2.05) is 32.3 Å². The highest BCUT2D eigenvalue weighted by Crippen LogP contribution is 2.18. The summed E-state index contributed by atoms with van der Waals surface area (Å²) >= 11 is 0. The molecule has 0 radical (unpaired) electrons. The summed E-state index contributed by atoms with van der Waals surface area (Å²) < 4.78 is 13.2. The van der Waals surface area contributed by atoms with Crippen LogP contribution < -0.4 is 10.6 Å². The average molecular weight is 381 g/mol. The van der Waals surface area contributed by atoms with Gasteiger partial charge in [-0.3, -0.25) is 4.99 Å². The van der Waals surface area contributed by atoms with Gasteiger partial charge in [0.1, 0.15) is 5.82 Å². The molecule has 1 aromatic heterocycles. The molecule has 1 heterocycles. The lowest BCUT2D eigenvalue weighted by molar-refractivity contribution is 0.298. The van der Waals surface area contributed by atoms with Gasteiger partial charge in [0.05, 0.1) is 6.04 Å². The van der Waals surface area contributed by atoms with Crippen LogP contribution in [0.2, 0.25) is 0 Å². The third kappa shape index (κ3) is 4.89. The van der Waals surface area contributed by atoms with Crippen molar-refractivity contribution in [2.24, 2.45) is 4.99 Å². The number of aromatic nitrogens is 1. The van der Waals surface area contributed by atoms with E-state index in [4.69, 9.17) is 0 Å². The van der Waals surface area contributed by atoms with Crippen LogP contribution in [0.25, 0.3) is 10.9 Å². The van der Waals surface area contributed by atoms with Gasteiger partial charge in [0.25, 0.3) is 0 Å². The Morgan fingerprint density at radius 3 is 2.57 bits per heavy atom. The summed E-state index contributed by atoms with van der Waals surface area (Å²) in [5, 5.41) is 8.01. The fraction of sp³-hybridized carbons (Fsp3) is 0.318. The third-order valence-corrected chi connectivity index (χ3v) is 4.93. The lowest BCUT2D eigenvalue weighted by Crippen LogP contribution is -2.42. The van der Waals surface area contributed by atoms with E-state index in [0.29, 0.717) is 6.54 Å². The van der Waals surface area contributed by atoms with Gasteiger partial charge >= 0.3 is 0 Å². The molecule has 0 saturated heterocycles. The van der Waals surface area contributed by atoms with Crippen LogP contribution in [0, 0.1) is 5.82 Å². The van der Waals surface area contributed by atoms with E-state index in [0.717, 1.165) is 30.0 Å². The smallest absolute Gasteiger partial charge is 0.191 e. The number of guanidine groups is 1. The summed E-state index contributed by atoms with van der Waals surface area (Å²) in [5.74, 6) is 0.540. The summed E-state index contributed by atoms with van der Waals surface area (Å²) in [6.45, 7) is 1.45. The number of likely N-dealkylation sites (N-methyl/N-ethyl adjacent to an activating group) is 1. The molecule has 0 aliphatic carbocycles. The highest BCUT2D eigenvalue weighted by molar-refractivity contribution is 5.83. The van der Waals surface area contributed by atoms with Gasteiger partial charge in [-0.15, -0.1) is 0 Å². The number of aromatic amines is 1. The van der Waals surface area contributed by atoms with Crippen LogP contribution in [0.1, 0.15) is 17.2 Å². The molecule has 6 heteroatoms. The van der Waals surface area contributed by atoms with Crippen LogP contribution in [0.4, 0.5) is 4.39 Å². The van der Waals surface area contributed by atoms with Gasteiger partial charge in [-0.1, -0.05) is 30.3 Å². The molecule has 5 nitrogen and oxygen atoms in total. The van der Waals surface area contributed by atoms with Crippen LogP contribution in [-0.2, 0) is 6.42 Å². The average Bonchev–Trinajstić information content (AvgIpc) is 3.11. The summed E-state index contributed by atoms with van der Waals surface area (Å²) in [6.07, 6.45) is 2.97. The first-order chi connectivity index (χ1) is 13.6. The van der Waals surface area contributed by atoms with E-state index in [1.54, 1.807) is 7.05 Å². The van der Waals surface area contributed by atoms with Crippen LogP contribution in [0.3, 0.4) is 0 Å². The van der Waals surface area contributed by atoms with Gasteiger partial charge in [0.15, 0.2) is 5.96 Å². The molecule has 1 atom stereocenters. The molecule has 28 heavy (non-hydrogen) atoms. The Morgan fingerprint density at radius 2 is 1.86 bits per heavy atom. The number of aliphatic imine (C=N–C) groups is 1. The second-order valence-electron chi connectivity index (χ2n) is 7.02. The van der Waals surface area contributed by atoms with E-state index in [-0.39, 0.29) is 11.9 Å². The molecule has 0 saturated carbocycles. The fourth-order valence-corrected chi connectivity index (χ4v) is 3.35. The standard InChI is InChI=1S/C22H28FN5/c1-24-22(25-13-12-17-14-26-20-7-5-4-6-19(17)20)27-15-21(28(2)3)16-8-10-18(23)11-9-16/h4-11,14,21,26H,12-13,15H2,1-3H3,(H2,24,25,27). The normalized spacial score (nSPS) is 13.1. The Morgan fingerprint density at radius 1 is 1.11 bits per heavy atom. The van der Waals surface area contributed by atoms with Crippen LogP contribution in [-0.4, -0.2) is 50.1 Å². The molecule has 0 amide bonds. The molecule has 2 aromatic carbocycles. The van der Waals surface area contributed by atoms with Gasteiger partial charge in [-0.25, -0.2) is 4.39 Å². The molecule has 3 N–H and O–H groups in total. The molecule has 0 fully saturated rings. The van der Waals surface area contributed by atoms with E-state index in [9.17, 15) is 4.39 Å². The lowest BCUT2D eigenvalue weighted by atomic mass is 10.1. The van der Waals surface area contributed by atoms with E-state index >= 15 is 0 Å². The number of halogens is 1. The zero-order chi connectivity index (χ0) is 19.9. The first kappa shape index (κ1) is 19.9. The number of hydrogen-bond acceptors (Lipinski definition) is 2. The predicted octanol–water partition coefficient (Wildman–Crippen LogP) is 3.32. The van der Waals surface area contributed by atoms with E-state index in [1.165, 1.54) is 23.1 Å². The molecule has 148 valence electrons. The first-order valence-electron chi connectivity index (χ1n) is 9.50. The summed E-state index contributed by atoms with van der Waals surface area (Å²) in [5.41, 5.74) is 3.51. The number of rotatable bonds is 7. The Balaban J connectivity index is 1.54. The minimum Gasteiger partial charge on any atom is -0.361 e. The Hall–Kier alpha value is -2.86. The molecule has 0 aliphatic rings. The maximum Gasteiger partial charge on any atom is 0.191 e. The molecule has 0 aliphatic heterocycles. The highest BCUT2D eigenvalue weighted by atomic mass is 19.1. The van der Waals surface area contributed by atoms with Gasteiger partial charge < -0.3 is 20.5 Å². The van der Waals surface area contributed by atoms with Crippen LogP contribution in [0.15, 0.2) is 59.7 Å². The minimum absolute atomic E-state index is 0.118.